The summed E-state index contributed by atoms with van der Waals surface area (Å²) in [7, 11) is 0. The van der Waals surface area contributed by atoms with Crippen molar-refractivity contribution >= 4 is 12.0 Å². The quantitative estimate of drug-likeness (QED) is 0.749. The molecule has 0 aliphatic heterocycles. The van der Waals surface area contributed by atoms with Crippen LogP contribution < -0.4 is 5.32 Å². The van der Waals surface area contributed by atoms with Gasteiger partial charge >= 0.3 is 12.0 Å². The van der Waals surface area contributed by atoms with Crippen LogP contribution in [0.3, 0.4) is 0 Å². The van der Waals surface area contributed by atoms with Gasteiger partial charge < -0.3 is 15.3 Å². The van der Waals surface area contributed by atoms with Crippen molar-refractivity contribution in [1.82, 2.24) is 10.2 Å². The van der Waals surface area contributed by atoms with Gasteiger partial charge in [0.15, 0.2) is 0 Å². The van der Waals surface area contributed by atoms with Gasteiger partial charge in [0.1, 0.15) is 6.54 Å². The Hall–Kier alpha value is -2.30. The lowest BCUT2D eigenvalue weighted by Gasteiger charge is -2.19. The van der Waals surface area contributed by atoms with E-state index in [4.69, 9.17) is 5.11 Å². The summed E-state index contributed by atoms with van der Waals surface area (Å²) in [5.41, 5.74) is 2.21. The minimum atomic E-state index is -1.05. The van der Waals surface area contributed by atoms with E-state index in [1.165, 1.54) is 16.5 Å². The van der Waals surface area contributed by atoms with Gasteiger partial charge in [-0.2, -0.15) is 0 Å². The molecule has 108 valence electrons. The second kappa shape index (κ2) is 7.99. The molecule has 20 heavy (non-hydrogen) atoms. The van der Waals surface area contributed by atoms with Crippen molar-refractivity contribution in [3.63, 3.8) is 0 Å². The Balaban J connectivity index is 2.54. The molecular formula is C15H20N2O3. The molecule has 0 aliphatic carbocycles. The summed E-state index contributed by atoms with van der Waals surface area (Å²) < 4.78 is 0. The molecule has 0 fully saturated rings. The fraction of sp³-hybridized carbons (Fsp3) is 0.333. The van der Waals surface area contributed by atoms with E-state index >= 15 is 0 Å². The number of aliphatic carboxylic acids is 1. The van der Waals surface area contributed by atoms with Crippen LogP contribution in [0.5, 0.6) is 0 Å². The lowest BCUT2D eigenvalue weighted by molar-refractivity contribution is -0.137. The molecule has 5 nitrogen and oxygen atoms in total. The van der Waals surface area contributed by atoms with Crippen LogP contribution in [0.4, 0.5) is 4.79 Å². The maximum atomic E-state index is 11.9. The SMILES string of the molecule is C=CCN(CC(=O)O)C(=O)NCc1ccc(CC)cc1. The van der Waals surface area contributed by atoms with E-state index in [0.717, 1.165) is 12.0 Å². The molecule has 0 spiro atoms. The molecule has 0 saturated heterocycles. The molecule has 0 saturated carbocycles. The highest BCUT2D eigenvalue weighted by Crippen LogP contribution is 2.05. The third-order valence-electron chi connectivity index (χ3n) is 2.84. The molecule has 0 aliphatic rings. The average molecular weight is 276 g/mol. The third-order valence-corrected chi connectivity index (χ3v) is 2.84. The number of carboxylic acids is 1. The number of hydrogen-bond donors (Lipinski definition) is 2. The zero-order valence-corrected chi connectivity index (χ0v) is 11.6. The Kier molecular flexibility index (Phi) is 6.29. The minimum Gasteiger partial charge on any atom is -0.480 e. The van der Waals surface area contributed by atoms with E-state index in [1.807, 2.05) is 24.3 Å². The van der Waals surface area contributed by atoms with Gasteiger partial charge in [0.25, 0.3) is 0 Å². The van der Waals surface area contributed by atoms with Gasteiger partial charge in [-0.15, -0.1) is 6.58 Å². The van der Waals surface area contributed by atoms with Gasteiger partial charge in [-0.25, -0.2) is 4.79 Å². The van der Waals surface area contributed by atoms with Crippen molar-refractivity contribution in [3.05, 3.63) is 48.0 Å². The van der Waals surface area contributed by atoms with Crippen molar-refractivity contribution < 1.29 is 14.7 Å². The number of benzene rings is 1. The van der Waals surface area contributed by atoms with Crippen molar-refractivity contribution in [1.29, 1.82) is 0 Å². The highest BCUT2D eigenvalue weighted by atomic mass is 16.4. The highest BCUT2D eigenvalue weighted by molar-refractivity contribution is 5.80. The number of aryl methyl sites for hydroxylation is 1. The van der Waals surface area contributed by atoms with Crippen molar-refractivity contribution in [2.45, 2.75) is 19.9 Å². The van der Waals surface area contributed by atoms with E-state index in [-0.39, 0.29) is 13.1 Å². The van der Waals surface area contributed by atoms with Gasteiger partial charge in [-0.1, -0.05) is 37.3 Å². The van der Waals surface area contributed by atoms with Crippen LogP contribution in [-0.2, 0) is 17.8 Å². The molecule has 0 bridgehead atoms. The standard InChI is InChI=1S/C15H20N2O3/c1-3-9-17(11-14(18)19)15(20)16-10-13-7-5-12(4-2)6-8-13/h3,5-8H,1,4,9-11H2,2H3,(H,16,20)(H,18,19). The van der Waals surface area contributed by atoms with E-state index < -0.39 is 12.0 Å². The molecule has 0 radical (unpaired) electrons. The summed E-state index contributed by atoms with van der Waals surface area (Å²) in [5.74, 6) is -1.05. The predicted octanol–water partition coefficient (Wildman–Crippen LogP) is 2.03. The third kappa shape index (κ3) is 5.14. The molecule has 2 amide bonds. The van der Waals surface area contributed by atoms with E-state index in [2.05, 4.69) is 18.8 Å². The normalized spacial score (nSPS) is 9.85. The molecule has 1 rings (SSSR count). The van der Waals surface area contributed by atoms with Gasteiger partial charge in [0, 0.05) is 13.1 Å². The number of nitrogens with zero attached hydrogens (tertiary/aromatic N) is 1. The second-order valence-electron chi connectivity index (χ2n) is 4.39. The molecule has 1 aromatic rings. The second-order valence-corrected chi connectivity index (χ2v) is 4.39. The van der Waals surface area contributed by atoms with E-state index in [9.17, 15) is 9.59 Å². The van der Waals surface area contributed by atoms with E-state index in [0.29, 0.717) is 6.54 Å². The number of rotatable bonds is 7. The Labute approximate surface area is 118 Å². The lowest BCUT2D eigenvalue weighted by atomic mass is 10.1. The van der Waals surface area contributed by atoms with Gasteiger partial charge in [0.2, 0.25) is 0 Å². The van der Waals surface area contributed by atoms with Crippen LogP contribution >= 0.6 is 0 Å². The molecule has 0 atom stereocenters. The summed E-state index contributed by atoms with van der Waals surface area (Å²) in [6.45, 7) is 5.82. The van der Waals surface area contributed by atoms with Crippen LogP contribution in [-0.4, -0.2) is 35.1 Å². The number of carbonyl (C=O) groups is 2. The number of nitrogens with one attached hydrogen (secondary N) is 1. The van der Waals surface area contributed by atoms with Gasteiger partial charge in [-0.05, 0) is 17.5 Å². The van der Waals surface area contributed by atoms with Gasteiger partial charge in [0.05, 0.1) is 0 Å². The topological polar surface area (TPSA) is 69.6 Å². The summed E-state index contributed by atoms with van der Waals surface area (Å²) >= 11 is 0. The first-order chi connectivity index (χ1) is 9.56. The predicted molar refractivity (Wildman–Crippen MR) is 77.5 cm³/mol. The zero-order valence-electron chi connectivity index (χ0n) is 11.6. The molecule has 2 N–H and O–H groups in total. The van der Waals surface area contributed by atoms with Crippen molar-refractivity contribution in [2.75, 3.05) is 13.1 Å². The first-order valence-electron chi connectivity index (χ1n) is 6.50. The Morgan fingerprint density at radius 2 is 1.90 bits per heavy atom. The fourth-order valence-corrected chi connectivity index (χ4v) is 1.72. The largest absolute Gasteiger partial charge is 0.480 e. The Morgan fingerprint density at radius 1 is 1.30 bits per heavy atom. The number of urea groups is 1. The smallest absolute Gasteiger partial charge is 0.323 e. The molecule has 0 unspecified atom stereocenters. The number of carbonyl (C=O) groups excluding carboxylic acids is 1. The van der Waals surface area contributed by atoms with Crippen molar-refractivity contribution in [2.24, 2.45) is 0 Å². The van der Waals surface area contributed by atoms with Crippen LogP contribution in [0, 0.1) is 0 Å². The minimum absolute atomic E-state index is 0.201. The summed E-state index contributed by atoms with van der Waals surface area (Å²) in [6.07, 6.45) is 2.47. The zero-order chi connectivity index (χ0) is 15.0. The molecule has 5 heteroatoms. The van der Waals surface area contributed by atoms with E-state index in [1.54, 1.807) is 0 Å². The first-order valence-corrected chi connectivity index (χ1v) is 6.50. The maximum Gasteiger partial charge on any atom is 0.323 e. The van der Waals surface area contributed by atoms with Gasteiger partial charge in [-0.3, -0.25) is 4.79 Å². The Morgan fingerprint density at radius 3 is 2.40 bits per heavy atom. The highest BCUT2D eigenvalue weighted by Gasteiger charge is 2.14. The first kappa shape index (κ1) is 15.8. The van der Waals surface area contributed by atoms with Crippen LogP contribution in [0.2, 0.25) is 0 Å². The fourth-order valence-electron chi connectivity index (χ4n) is 1.72. The summed E-state index contributed by atoms with van der Waals surface area (Å²) in [5, 5.41) is 11.4. The molecule has 0 heterocycles. The summed E-state index contributed by atoms with van der Waals surface area (Å²) in [4.78, 5) is 23.7. The summed E-state index contributed by atoms with van der Waals surface area (Å²) in [6, 6.07) is 7.52. The molecule has 0 aromatic heterocycles. The lowest BCUT2D eigenvalue weighted by Crippen LogP contribution is -2.42. The Bertz CT molecular complexity index is 469. The molecule has 1 aromatic carbocycles. The van der Waals surface area contributed by atoms with Crippen LogP contribution in [0.15, 0.2) is 36.9 Å². The monoisotopic (exact) mass is 276 g/mol. The number of amides is 2. The molecular weight excluding hydrogens is 256 g/mol. The van der Waals surface area contributed by atoms with Crippen LogP contribution in [0.1, 0.15) is 18.1 Å². The number of hydrogen-bond acceptors (Lipinski definition) is 2. The van der Waals surface area contributed by atoms with Crippen molar-refractivity contribution in [3.8, 4) is 0 Å². The average Bonchev–Trinajstić information content (AvgIpc) is 2.44. The number of carboxylic acid groups (broad SMARTS) is 1. The van der Waals surface area contributed by atoms with Crippen LogP contribution in [0.25, 0.3) is 0 Å². The maximum absolute atomic E-state index is 11.9.